The summed E-state index contributed by atoms with van der Waals surface area (Å²) >= 11 is 0. The Morgan fingerprint density at radius 3 is 2.33 bits per heavy atom. The number of rotatable bonds is 3. The number of carbonyl (C=O) groups is 1. The Hall–Kier alpha value is -2.88. The summed E-state index contributed by atoms with van der Waals surface area (Å²) < 4.78 is 1.91. The van der Waals surface area contributed by atoms with E-state index in [2.05, 4.69) is 4.98 Å². The van der Waals surface area contributed by atoms with Crippen molar-refractivity contribution >= 4 is 5.97 Å². The van der Waals surface area contributed by atoms with Gasteiger partial charge in [0, 0.05) is 30.7 Å². The Bertz CT molecular complexity index is 777. The number of aromatic nitrogens is 2. The Morgan fingerprint density at radius 2 is 1.71 bits per heavy atom. The van der Waals surface area contributed by atoms with E-state index in [1.807, 2.05) is 54.1 Å². The Labute approximate surface area is 122 Å². The van der Waals surface area contributed by atoms with Crippen LogP contribution in [0.4, 0.5) is 0 Å². The average Bonchev–Trinajstić information content (AvgIpc) is 2.87. The highest BCUT2D eigenvalue weighted by atomic mass is 16.4. The van der Waals surface area contributed by atoms with Gasteiger partial charge in [0.05, 0.1) is 11.3 Å². The molecule has 2 aromatic heterocycles. The van der Waals surface area contributed by atoms with Gasteiger partial charge in [-0.1, -0.05) is 30.3 Å². The zero-order valence-corrected chi connectivity index (χ0v) is 11.5. The van der Waals surface area contributed by atoms with Crippen molar-refractivity contribution in [3.63, 3.8) is 0 Å². The van der Waals surface area contributed by atoms with Crippen LogP contribution in [0.2, 0.25) is 0 Å². The molecule has 0 aliphatic rings. The average molecular weight is 278 g/mol. The van der Waals surface area contributed by atoms with Crippen LogP contribution in [-0.2, 0) is 7.05 Å². The van der Waals surface area contributed by atoms with Crippen LogP contribution in [0.5, 0.6) is 0 Å². The third-order valence-electron chi connectivity index (χ3n) is 3.49. The van der Waals surface area contributed by atoms with Crippen molar-refractivity contribution in [1.29, 1.82) is 0 Å². The maximum Gasteiger partial charge on any atom is 0.337 e. The highest BCUT2D eigenvalue weighted by molar-refractivity contribution is 5.97. The van der Waals surface area contributed by atoms with E-state index in [0.29, 0.717) is 11.3 Å². The Kier molecular flexibility index (Phi) is 3.28. The highest BCUT2D eigenvalue weighted by Gasteiger charge is 2.19. The first-order valence-corrected chi connectivity index (χ1v) is 6.57. The van der Waals surface area contributed by atoms with E-state index in [-0.39, 0.29) is 0 Å². The predicted octanol–water partition coefficient (Wildman–Crippen LogP) is 3.45. The lowest BCUT2D eigenvalue weighted by molar-refractivity contribution is 0.0698. The molecule has 0 fully saturated rings. The van der Waals surface area contributed by atoms with Crippen molar-refractivity contribution in [1.82, 2.24) is 9.55 Å². The lowest BCUT2D eigenvalue weighted by Crippen LogP contribution is -2.00. The molecule has 1 N–H and O–H groups in total. The molecule has 0 unspecified atom stereocenters. The summed E-state index contributed by atoms with van der Waals surface area (Å²) in [5, 5.41) is 9.49. The molecule has 1 aromatic carbocycles. The minimum Gasteiger partial charge on any atom is -0.478 e. The van der Waals surface area contributed by atoms with Gasteiger partial charge < -0.3 is 9.67 Å². The number of carboxylic acid groups (broad SMARTS) is 1. The molecule has 3 rings (SSSR count). The second-order valence-corrected chi connectivity index (χ2v) is 4.76. The van der Waals surface area contributed by atoms with E-state index >= 15 is 0 Å². The molecule has 0 bridgehead atoms. The lowest BCUT2D eigenvalue weighted by Gasteiger charge is -2.08. The largest absolute Gasteiger partial charge is 0.478 e. The molecule has 0 saturated heterocycles. The van der Waals surface area contributed by atoms with Crippen molar-refractivity contribution in [3.8, 4) is 22.5 Å². The van der Waals surface area contributed by atoms with Gasteiger partial charge >= 0.3 is 5.97 Å². The molecular formula is C17H14N2O2. The zero-order valence-electron chi connectivity index (χ0n) is 11.5. The molecule has 21 heavy (non-hydrogen) atoms. The standard InChI is InChI=1S/C17H14N2O2/c1-19-15(12-7-9-18-10-8-12)11-14(17(20)21)16(19)13-5-3-2-4-6-13/h2-11H,1H3,(H,20,21). The Balaban J connectivity index is 2.25. The molecule has 0 spiro atoms. The number of aromatic carboxylic acids is 1. The first-order chi connectivity index (χ1) is 10.2. The molecule has 0 radical (unpaired) electrons. The molecule has 4 nitrogen and oxygen atoms in total. The van der Waals surface area contributed by atoms with Crippen molar-refractivity contribution in [3.05, 3.63) is 66.5 Å². The van der Waals surface area contributed by atoms with Crippen LogP contribution in [0.1, 0.15) is 10.4 Å². The molecular weight excluding hydrogens is 264 g/mol. The van der Waals surface area contributed by atoms with Gasteiger partial charge in [0.25, 0.3) is 0 Å². The van der Waals surface area contributed by atoms with Gasteiger partial charge in [0.1, 0.15) is 0 Å². The maximum atomic E-state index is 11.6. The van der Waals surface area contributed by atoms with Gasteiger partial charge in [-0.3, -0.25) is 4.98 Å². The van der Waals surface area contributed by atoms with Crippen LogP contribution in [-0.4, -0.2) is 20.6 Å². The minimum absolute atomic E-state index is 0.301. The number of nitrogens with zero attached hydrogens (tertiary/aromatic N) is 2. The molecule has 0 aliphatic carbocycles. The van der Waals surface area contributed by atoms with E-state index in [4.69, 9.17) is 0 Å². The summed E-state index contributed by atoms with van der Waals surface area (Å²) in [4.78, 5) is 15.6. The fourth-order valence-corrected chi connectivity index (χ4v) is 2.51. The third-order valence-corrected chi connectivity index (χ3v) is 3.49. The summed E-state index contributed by atoms with van der Waals surface area (Å²) in [5.41, 5.74) is 3.69. The number of hydrogen-bond donors (Lipinski definition) is 1. The third kappa shape index (κ3) is 2.31. The number of hydrogen-bond acceptors (Lipinski definition) is 2. The van der Waals surface area contributed by atoms with E-state index in [9.17, 15) is 9.90 Å². The van der Waals surface area contributed by atoms with E-state index < -0.39 is 5.97 Å². The molecule has 104 valence electrons. The summed E-state index contributed by atoms with van der Waals surface area (Å²) in [5.74, 6) is -0.926. The van der Waals surface area contributed by atoms with E-state index in [1.165, 1.54) is 0 Å². The van der Waals surface area contributed by atoms with Gasteiger partial charge in [0.15, 0.2) is 0 Å². The summed E-state index contributed by atoms with van der Waals surface area (Å²) in [6.07, 6.45) is 3.40. The number of pyridine rings is 1. The maximum absolute atomic E-state index is 11.6. The van der Waals surface area contributed by atoms with Crippen LogP contribution in [0.25, 0.3) is 22.5 Å². The molecule has 0 amide bonds. The smallest absolute Gasteiger partial charge is 0.337 e. The predicted molar refractivity (Wildman–Crippen MR) is 81.0 cm³/mol. The van der Waals surface area contributed by atoms with Gasteiger partial charge in [-0.25, -0.2) is 4.79 Å². The molecule has 2 heterocycles. The molecule has 0 atom stereocenters. The van der Waals surface area contributed by atoms with Crippen molar-refractivity contribution < 1.29 is 9.90 Å². The molecule has 0 aliphatic heterocycles. The number of carboxylic acids is 1. The van der Waals surface area contributed by atoms with Crippen molar-refractivity contribution in [2.45, 2.75) is 0 Å². The van der Waals surface area contributed by atoms with Gasteiger partial charge in [0.2, 0.25) is 0 Å². The highest BCUT2D eigenvalue weighted by Crippen LogP contribution is 2.31. The summed E-state index contributed by atoms with van der Waals surface area (Å²) in [6, 6.07) is 15.0. The zero-order chi connectivity index (χ0) is 14.8. The topological polar surface area (TPSA) is 55.1 Å². The monoisotopic (exact) mass is 278 g/mol. The van der Waals surface area contributed by atoms with Gasteiger partial charge in [-0.15, -0.1) is 0 Å². The first kappa shape index (κ1) is 13.1. The first-order valence-electron chi connectivity index (χ1n) is 6.57. The quantitative estimate of drug-likeness (QED) is 0.798. The molecule has 4 heteroatoms. The molecule has 0 saturated carbocycles. The number of benzene rings is 1. The van der Waals surface area contributed by atoms with Crippen LogP contribution < -0.4 is 0 Å². The second kappa shape index (κ2) is 5.25. The SMILES string of the molecule is Cn1c(-c2ccncc2)cc(C(=O)O)c1-c1ccccc1. The normalized spacial score (nSPS) is 10.5. The van der Waals surface area contributed by atoms with Crippen LogP contribution in [0.15, 0.2) is 60.9 Å². The Morgan fingerprint density at radius 1 is 1.05 bits per heavy atom. The van der Waals surface area contributed by atoms with E-state index in [0.717, 1.165) is 16.8 Å². The summed E-state index contributed by atoms with van der Waals surface area (Å²) in [7, 11) is 1.88. The summed E-state index contributed by atoms with van der Waals surface area (Å²) in [6.45, 7) is 0. The van der Waals surface area contributed by atoms with E-state index in [1.54, 1.807) is 18.5 Å². The van der Waals surface area contributed by atoms with Crippen LogP contribution in [0.3, 0.4) is 0 Å². The van der Waals surface area contributed by atoms with Crippen LogP contribution in [0, 0.1) is 0 Å². The minimum atomic E-state index is -0.926. The van der Waals surface area contributed by atoms with Gasteiger partial charge in [-0.2, -0.15) is 0 Å². The van der Waals surface area contributed by atoms with Crippen molar-refractivity contribution in [2.75, 3.05) is 0 Å². The van der Waals surface area contributed by atoms with Gasteiger partial charge in [-0.05, 0) is 23.8 Å². The second-order valence-electron chi connectivity index (χ2n) is 4.76. The van der Waals surface area contributed by atoms with Crippen LogP contribution >= 0.6 is 0 Å². The fraction of sp³-hybridized carbons (Fsp3) is 0.0588. The molecule has 3 aromatic rings. The fourth-order valence-electron chi connectivity index (χ4n) is 2.51. The van der Waals surface area contributed by atoms with Crippen molar-refractivity contribution in [2.24, 2.45) is 7.05 Å². The lowest BCUT2D eigenvalue weighted by atomic mass is 10.1.